The van der Waals surface area contributed by atoms with Crippen LogP contribution in [-0.2, 0) is 11.2 Å². The van der Waals surface area contributed by atoms with Crippen LogP contribution < -0.4 is 10.2 Å². The summed E-state index contributed by atoms with van der Waals surface area (Å²) < 4.78 is 0. The average molecular weight is 437 g/mol. The van der Waals surface area contributed by atoms with Crippen molar-refractivity contribution in [1.29, 1.82) is 0 Å². The van der Waals surface area contributed by atoms with Gasteiger partial charge in [0, 0.05) is 33.4 Å². The first-order valence-electron chi connectivity index (χ1n) is 9.78. The largest absolute Gasteiger partial charge is 0.322 e. The van der Waals surface area contributed by atoms with Crippen LogP contribution in [0.5, 0.6) is 0 Å². The van der Waals surface area contributed by atoms with Gasteiger partial charge in [0.15, 0.2) is 0 Å². The fourth-order valence-electron chi connectivity index (χ4n) is 3.48. The van der Waals surface area contributed by atoms with Crippen molar-refractivity contribution in [2.75, 3.05) is 22.5 Å². The molecule has 4 rings (SSSR count). The maximum atomic E-state index is 12.8. The number of amides is 2. The fourth-order valence-corrected chi connectivity index (χ4v) is 4.45. The Morgan fingerprint density at radius 1 is 1.00 bits per heavy atom. The van der Waals surface area contributed by atoms with Gasteiger partial charge < -0.3 is 10.2 Å². The van der Waals surface area contributed by atoms with Crippen LogP contribution in [0.1, 0.15) is 22.3 Å². The zero-order valence-corrected chi connectivity index (χ0v) is 17.9. The van der Waals surface area contributed by atoms with Crippen molar-refractivity contribution >= 4 is 46.6 Å². The van der Waals surface area contributed by atoms with E-state index in [1.165, 1.54) is 17.3 Å². The molecule has 0 aliphatic carbocycles. The van der Waals surface area contributed by atoms with E-state index in [1.807, 2.05) is 47.4 Å². The molecule has 0 unspecified atom stereocenters. The first-order valence-corrected chi connectivity index (χ1v) is 11.1. The molecule has 0 bridgehead atoms. The molecule has 0 aromatic heterocycles. The Labute approximate surface area is 185 Å². The average Bonchev–Trinajstić information content (AvgIpc) is 2.78. The van der Waals surface area contributed by atoms with Gasteiger partial charge in [0.1, 0.15) is 0 Å². The molecule has 3 aromatic rings. The van der Waals surface area contributed by atoms with Crippen molar-refractivity contribution < 1.29 is 9.59 Å². The zero-order valence-electron chi connectivity index (χ0n) is 16.3. The van der Waals surface area contributed by atoms with Crippen LogP contribution in [-0.4, -0.2) is 24.1 Å². The normalized spacial score (nSPS) is 12.9. The second-order valence-electron chi connectivity index (χ2n) is 7.06. The standard InChI is InChI=1S/C24H21ClN2O2S/c25-19-8-3-6-18(15-19)24(29)26-20-10-12-21(13-11-20)30-16-23(28)27-14-4-7-17-5-1-2-9-22(17)27/h1-3,5-6,8-13,15H,4,7,14,16H2,(H,26,29). The highest BCUT2D eigenvalue weighted by atomic mass is 35.5. The maximum Gasteiger partial charge on any atom is 0.255 e. The third-order valence-electron chi connectivity index (χ3n) is 4.97. The summed E-state index contributed by atoms with van der Waals surface area (Å²) in [7, 11) is 0. The highest BCUT2D eigenvalue weighted by molar-refractivity contribution is 8.00. The quantitative estimate of drug-likeness (QED) is 0.524. The van der Waals surface area contributed by atoms with Crippen molar-refractivity contribution in [2.24, 2.45) is 0 Å². The number of nitrogens with zero attached hydrogens (tertiary/aromatic N) is 1. The van der Waals surface area contributed by atoms with Gasteiger partial charge in [-0.05, 0) is 66.9 Å². The van der Waals surface area contributed by atoms with Crippen LogP contribution in [0.25, 0.3) is 0 Å². The highest BCUT2D eigenvalue weighted by Crippen LogP contribution is 2.28. The number of anilines is 2. The second-order valence-corrected chi connectivity index (χ2v) is 8.54. The maximum absolute atomic E-state index is 12.8. The minimum atomic E-state index is -0.211. The number of thioether (sulfide) groups is 1. The SMILES string of the molecule is O=C(Nc1ccc(SCC(=O)N2CCCc3ccccc32)cc1)c1cccc(Cl)c1. The molecule has 0 spiro atoms. The molecule has 1 aliphatic rings. The summed E-state index contributed by atoms with van der Waals surface area (Å²) in [5.74, 6) is 0.282. The molecule has 0 saturated carbocycles. The van der Waals surface area contributed by atoms with E-state index in [0.29, 0.717) is 22.0 Å². The molecule has 30 heavy (non-hydrogen) atoms. The zero-order chi connectivity index (χ0) is 20.9. The van der Waals surface area contributed by atoms with E-state index in [-0.39, 0.29) is 11.8 Å². The minimum absolute atomic E-state index is 0.116. The van der Waals surface area contributed by atoms with Gasteiger partial charge in [-0.1, -0.05) is 35.9 Å². The molecule has 1 heterocycles. The summed E-state index contributed by atoms with van der Waals surface area (Å²) in [6.45, 7) is 0.769. The number of aryl methyl sites for hydroxylation is 1. The number of benzene rings is 3. The van der Waals surface area contributed by atoms with Crippen LogP contribution in [0.3, 0.4) is 0 Å². The van der Waals surface area contributed by atoms with Crippen LogP contribution in [0.4, 0.5) is 11.4 Å². The molecule has 1 N–H and O–H groups in total. The van der Waals surface area contributed by atoms with Crippen LogP contribution in [0, 0.1) is 0 Å². The van der Waals surface area contributed by atoms with E-state index >= 15 is 0 Å². The number of hydrogen-bond donors (Lipinski definition) is 1. The Morgan fingerprint density at radius 3 is 2.60 bits per heavy atom. The molecule has 4 nitrogen and oxygen atoms in total. The number of hydrogen-bond acceptors (Lipinski definition) is 3. The van der Waals surface area contributed by atoms with Gasteiger partial charge in [0.05, 0.1) is 5.75 Å². The third kappa shape index (κ3) is 4.86. The highest BCUT2D eigenvalue weighted by Gasteiger charge is 2.21. The lowest BCUT2D eigenvalue weighted by atomic mass is 10.0. The van der Waals surface area contributed by atoms with E-state index in [9.17, 15) is 9.59 Å². The first kappa shape index (κ1) is 20.5. The number of nitrogens with one attached hydrogen (secondary N) is 1. The van der Waals surface area contributed by atoms with Crippen molar-refractivity contribution in [1.82, 2.24) is 0 Å². The Hall–Kier alpha value is -2.76. The van der Waals surface area contributed by atoms with Crippen molar-refractivity contribution in [3.05, 3.63) is 88.9 Å². The molecule has 6 heteroatoms. The summed E-state index contributed by atoms with van der Waals surface area (Å²) >= 11 is 7.44. The molecule has 152 valence electrons. The lowest BCUT2D eigenvalue weighted by molar-refractivity contribution is -0.116. The number of halogens is 1. The van der Waals surface area contributed by atoms with E-state index < -0.39 is 0 Å². The summed E-state index contributed by atoms with van der Waals surface area (Å²) in [6.07, 6.45) is 2.02. The number of para-hydroxylation sites is 1. The molecule has 2 amide bonds. The van der Waals surface area contributed by atoms with Crippen LogP contribution in [0.2, 0.25) is 5.02 Å². The van der Waals surface area contributed by atoms with E-state index in [0.717, 1.165) is 30.0 Å². The van der Waals surface area contributed by atoms with E-state index in [4.69, 9.17) is 11.6 Å². The van der Waals surface area contributed by atoms with Crippen molar-refractivity contribution in [2.45, 2.75) is 17.7 Å². The van der Waals surface area contributed by atoms with Crippen LogP contribution in [0.15, 0.2) is 77.7 Å². The topological polar surface area (TPSA) is 49.4 Å². The molecule has 0 atom stereocenters. The van der Waals surface area contributed by atoms with E-state index in [1.54, 1.807) is 24.3 Å². The summed E-state index contributed by atoms with van der Waals surface area (Å²) in [6, 6.07) is 22.4. The molecule has 0 fully saturated rings. The van der Waals surface area contributed by atoms with Crippen molar-refractivity contribution in [3.63, 3.8) is 0 Å². The smallest absolute Gasteiger partial charge is 0.255 e. The first-order chi connectivity index (χ1) is 14.6. The number of carbonyl (C=O) groups is 2. The number of carbonyl (C=O) groups excluding carboxylic acids is 2. The van der Waals surface area contributed by atoms with Gasteiger partial charge in [-0.25, -0.2) is 0 Å². The molecular formula is C24H21ClN2O2S. The second kappa shape index (κ2) is 9.37. The minimum Gasteiger partial charge on any atom is -0.322 e. The van der Waals surface area contributed by atoms with Crippen molar-refractivity contribution in [3.8, 4) is 0 Å². The monoisotopic (exact) mass is 436 g/mol. The Morgan fingerprint density at radius 2 is 1.80 bits per heavy atom. The van der Waals surface area contributed by atoms with Gasteiger partial charge in [-0.15, -0.1) is 11.8 Å². The molecule has 3 aromatic carbocycles. The van der Waals surface area contributed by atoms with E-state index in [2.05, 4.69) is 11.4 Å². The Bertz CT molecular complexity index is 1070. The summed E-state index contributed by atoms with van der Waals surface area (Å²) in [4.78, 5) is 28.0. The Kier molecular flexibility index (Phi) is 6.41. The molecule has 0 radical (unpaired) electrons. The number of fused-ring (bicyclic) bond motifs is 1. The van der Waals surface area contributed by atoms with Crippen LogP contribution >= 0.6 is 23.4 Å². The molecular weight excluding hydrogens is 416 g/mol. The predicted octanol–water partition coefficient (Wildman–Crippen LogP) is 5.66. The third-order valence-corrected chi connectivity index (χ3v) is 6.20. The van der Waals surface area contributed by atoms with Gasteiger partial charge in [0.2, 0.25) is 5.91 Å². The predicted molar refractivity (Wildman–Crippen MR) is 124 cm³/mol. The van der Waals surface area contributed by atoms with Gasteiger partial charge in [-0.3, -0.25) is 9.59 Å². The molecule has 0 saturated heterocycles. The van der Waals surface area contributed by atoms with Gasteiger partial charge in [-0.2, -0.15) is 0 Å². The van der Waals surface area contributed by atoms with Gasteiger partial charge in [0.25, 0.3) is 5.91 Å². The summed E-state index contributed by atoms with van der Waals surface area (Å²) in [5, 5.41) is 3.38. The lowest BCUT2D eigenvalue weighted by Crippen LogP contribution is -2.36. The summed E-state index contributed by atoms with van der Waals surface area (Å²) in [5.41, 5.74) is 3.48. The Balaban J connectivity index is 1.34. The fraction of sp³-hybridized carbons (Fsp3) is 0.167. The molecule has 1 aliphatic heterocycles. The lowest BCUT2D eigenvalue weighted by Gasteiger charge is -2.29. The van der Waals surface area contributed by atoms with Gasteiger partial charge >= 0.3 is 0 Å². The number of rotatable bonds is 5.